The Kier molecular flexibility index (Phi) is 3.56. The second kappa shape index (κ2) is 5.52. The summed E-state index contributed by atoms with van der Waals surface area (Å²) < 4.78 is 13.2. The topological polar surface area (TPSA) is 34.0 Å². The Hall–Kier alpha value is -2.43. The van der Waals surface area contributed by atoms with Crippen molar-refractivity contribution in [2.45, 2.75) is 13.8 Å². The van der Waals surface area contributed by atoms with Crippen LogP contribution in [-0.4, -0.2) is 28.1 Å². The number of anilines is 1. The Morgan fingerprint density at radius 2 is 1.62 bits per heavy atom. The number of halogens is 1. The van der Waals surface area contributed by atoms with Gasteiger partial charge >= 0.3 is 0 Å². The van der Waals surface area contributed by atoms with Crippen LogP contribution in [0.1, 0.15) is 13.8 Å². The van der Waals surface area contributed by atoms with Crippen molar-refractivity contribution in [1.29, 1.82) is 0 Å². The lowest BCUT2D eigenvalue weighted by Crippen LogP contribution is -2.21. The highest BCUT2D eigenvalue weighted by Crippen LogP contribution is 2.18. The van der Waals surface area contributed by atoms with Crippen LogP contribution in [0, 0.1) is 5.82 Å². The van der Waals surface area contributed by atoms with E-state index in [0.29, 0.717) is 11.0 Å². The Morgan fingerprint density at radius 3 is 2.29 bits per heavy atom. The zero-order valence-corrected chi connectivity index (χ0v) is 12.1. The number of nitrogens with zero attached hydrogens (tertiary/aromatic N) is 4. The highest BCUT2D eigenvalue weighted by atomic mass is 19.1. The summed E-state index contributed by atoms with van der Waals surface area (Å²) in [6.45, 7) is 6.21. The highest BCUT2D eigenvalue weighted by molar-refractivity contribution is 5.73. The normalized spacial score (nSPS) is 11.0. The van der Waals surface area contributed by atoms with Crippen molar-refractivity contribution in [1.82, 2.24) is 15.0 Å². The number of benzene rings is 2. The summed E-state index contributed by atoms with van der Waals surface area (Å²) in [4.78, 5) is 3.81. The van der Waals surface area contributed by atoms with Gasteiger partial charge in [0, 0.05) is 24.8 Å². The fourth-order valence-corrected chi connectivity index (χ4v) is 2.39. The predicted octanol–water partition coefficient (Wildman–Crippen LogP) is 3.41. The van der Waals surface area contributed by atoms with Crippen molar-refractivity contribution in [3.63, 3.8) is 0 Å². The summed E-state index contributed by atoms with van der Waals surface area (Å²) in [5.74, 6) is -0.300. The minimum absolute atomic E-state index is 0.300. The first-order valence-corrected chi connectivity index (χ1v) is 7.09. The van der Waals surface area contributed by atoms with Gasteiger partial charge in [0.25, 0.3) is 0 Å². The highest BCUT2D eigenvalue weighted by Gasteiger charge is 2.07. The first-order valence-electron chi connectivity index (χ1n) is 7.09. The van der Waals surface area contributed by atoms with Gasteiger partial charge in [0.05, 0.1) is 5.69 Å². The molecule has 3 rings (SSSR count). The molecule has 0 aliphatic carbocycles. The Morgan fingerprint density at radius 1 is 0.952 bits per heavy atom. The van der Waals surface area contributed by atoms with Crippen LogP contribution >= 0.6 is 0 Å². The third-order valence-corrected chi connectivity index (χ3v) is 3.55. The molecule has 0 aliphatic heterocycles. The second-order valence-corrected chi connectivity index (χ2v) is 4.81. The molecule has 0 amide bonds. The molecule has 2 aromatic carbocycles. The molecule has 0 fully saturated rings. The maximum atomic E-state index is 13.2. The summed E-state index contributed by atoms with van der Waals surface area (Å²) in [5, 5.41) is 8.67. The monoisotopic (exact) mass is 284 g/mol. The maximum Gasteiger partial charge on any atom is 0.125 e. The number of hydrogen-bond acceptors (Lipinski definition) is 3. The fourth-order valence-electron chi connectivity index (χ4n) is 2.39. The zero-order valence-electron chi connectivity index (χ0n) is 12.1. The van der Waals surface area contributed by atoms with Crippen molar-refractivity contribution in [3.8, 4) is 5.69 Å². The van der Waals surface area contributed by atoms with Gasteiger partial charge in [0.15, 0.2) is 0 Å². The van der Waals surface area contributed by atoms with Gasteiger partial charge in [0.1, 0.15) is 16.9 Å². The van der Waals surface area contributed by atoms with E-state index in [9.17, 15) is 4.39 Å². The van der Waals surface area contributed by atoms with Gasteiger partial charge in [-0.25, -0.2) is 4.39 Å². The van der Waals surface area contributed by atoms with Gasteiger partial charge in [-0.15, -0.1) is 10.2 Å². The molecule has 0 saturated carbocycles. The molecule has 0 spiro atoms. The number of hydrogen-bond donors (Lipinski definition) is 0. The maximum absolute atomic E-state index is 13.2. The summed E-state index contributed by atoms with van der Waals surface area (Å²) >= 11 is 0. The van der Waals surface area contributed by atoms with Gasteiger partial charge < -0.3 is 4.90 Å². The van der Waals surface area contributed by atoms with Crippen molar-refractivity contribution in [2.75, 3.05) is 18.0 Å². The van der Waals surface area contributed by atoms with Gasteiger partial charge in [-0.1, -0.05) is 0 Å². The summed E-state index contributed by atoms with van der Waals surface area (Å²) in [5.41, 5.74) is 3.28. The van der Waals surface area contributed by atoms with Crippen LogP contribution < -0.4 is 4.90 Å². The van der Waals surface area contributed by atoms with E-state index < -0.39 is 0 Å². The minimum atomic E-state index is -0.300. The van der Waals surface area contributed by atoms with Crippen LogP contribution in [0.2, 0.25) is 0 Å². The number of aromatic nitrogens is 3. The van der Waals surface area contributed by atoms with Crippen LogP contribution in [0.5, 0.6) is 0 Å². The van der Waals surface area contributed by atoms with Crippen LogP contribution in [0.4, 0.5) is 10.1 Å². The Bertz CT molecular complexity index is 745. The molecule has 4 nitrogen and oxygen atoms in total. The molecule has 108 valence electrons. The van der Waals surface area contributed by atoms with Gasteiger partial charge in [-0.2, -0.15) is 4.80 Å². The number of rotatable bonds is 4. The lowest BCUT2D eigenvalue weighted by Gasteiger charge is -2.20. The predicted molar refractivity (Wildman–Crippen MR) is 82.4 cm³/mol. The van der Waals surface area contributed by atoms with Crippen molar-refractivity contribution in [3.05, 3.63) is 48.3 Å². The van der Waals surface area contributed by atoms with E-state index in [1.54, 1.807) is 6.07 Å². The molecule has 0 aliphatic rings. The largest absolute Gasteiger partial charge is 0.372 e. The first kappa shape index (κ1) is 13.5. The molecule has 1 aromatic heterocycles. The fraction of sp³-hybridized carbons (Fsp3) is 0.250. The van der Waals surface area contributed by atoms with Crippen LogP contribution in [0.3, 0.4) is 0 Å². The molecule has 0 atom stereocenters. The molecule has 0 saturated heterocycles. The zero-order chi connectivity index (χ0) is 14.8. The molecular formula is C16H17FN4. The average molecular weight is 284 g/mol. The van der Waals surface area contributed by atoms with Crippen LogP contribution in [-0.2, 0) is 0 Å². The molecule has 0 unspecified atom stereocenters. The quantitative estimate of drug-likeness (QED) is 0.736. The third kappa shape index (κ3) is 2.59. The summed E-state index contributed by atoms with van der Waals surface area (Å²) in [6, 6.07) is 12.5. The van der Waals surface area contributed by atoms with E-state index in [1.807, 2.05) is 12.1 Å². The SMILES string of the molecule is CCN(CC)c1ccc(-n2nc3ccc(F)cc3n2)cc1. The lowest BCUT2D eigenvalue weighted by atomic mass is 10.2. The molecule has 5 heteroatoms. The van der Waals surface area contributed by atoms with E-state index in [1.165, 1.54) is 22.6 Å². The second-order valence-electron chi connectivity index (χ2n) is 4.81. The summed E-state index contributed by atoms with van der Waals surface area (Å²) in [6.07, 6.45) is 0. The first-order chi connectivity index (χ1) is 10.2. The van der Waals surface area contributed by atoms with Crippen molar-refractivity contribution < 1.29 is 4.39 Å². The molecule has 0 bridgehead atoms. The third-order valence-electron chi connectivity index (χ3n) is 3.55. The van der Waals surface area contributed by atoms with Gasteiger partial charge in [-0.05, 0) is 50.2 Å². The minimum Gasteiger partial charge on any atom is -0.372 e. The van der Waals surface area contributed by atoms with Crippen LogP contribution in [0.25, 0.3) is 16.7 Å². The van der Waals surface area contributed by atoms with E-state index in [-0.39, 0.29) is 5.82 Å². The molecule has 3 aromatic rings. The van der Waals surface area contributed by atoms with Crippen molar-refractivity contribution >= 4 is 16.7 Å². The standard InChI is InChI=1S/C16H17FN4/c1-3-20(4-2)13-6-8-14(9-7-13)21-18-15-10-5-12(17)11-16(15)19-21/h5-11H,3-4H2,1-2H3. The Balaban J connectivity index is 1.95. The molecule has 21 heavy (non-hydrogen) atoms. The molecular weight excluding hydrogens is 267 g/mol. The lowest BCUT2D eigenvalue weighted by molar-refractivity contribution is 0.629. The van der Waals surface area contributed by atoms with E-state index in [0.717, 1.165) is 18.8 Å². The molecule has 0 radical (unpaired) electrons. The molecule has 0 N–H and O–H groups in total. The average Bonchev–Trinajstić information content (AvgIpc) is 2.92. The van der Waals surface area contributed by atoms with E-state index in [4.69, 9.17) is 0 Å². The number of fused-ring (bicyclic) bond motifs is 1. The Labute approximate surface area is 122 Å². The van der Waals surface area contributed by atoms with E-state index in [2.05, 4.69) is 41.1 Å². The van der Waals surface area contributed by atoms with E-state index >= 15 is 0 Å². The smallest absolute Gasteiger partial charge is 0.125 e. The van der Waals surface area contributed by atoms with Gasteiger partial charge in [-0.3, -0.25) is 0 Å². The van der Waals surface area contributed by atoms with Crippen molar-refractivity contribution in [2.24, 2.45) is 0 Å². The molecule has 1 heterocycles. The van der Waals surface area contributed by atoms with Gasteiger partial charge in [0.2, 0.25) is 0 Å². The van der Waals surface area contributed by atoms with Crippen LogP contribution in [0.15, 0.2) is 42.5 Å². The summed E-state index contributed by atoms with van der Waals surface area (Å²) in [7, 11) is 0.